The third-order valence-corrected chi connectivity index (χ3v) is 3.79. The summed E-state index contributed by atoms with van der Waals surface area (Å²) in [5, 5.41) is 3.26. The summed E-state index contributed by atoms with van der Waals surface area (Å²) in [6.45, 7) is 2.48. The van der Waals surface area contributed by atoms with Crippen molar-refractivity contribution in [1.29, 1.82) is 0 Å². The predicted molar refractivity (Wildman–Crippen MR) is 93.9 cm³/mol. The first-order chi connectivity index (χ1) is 11.6. The van der Waals surface area contributed by atoms with Gasteiger partial charge >= 0.3 is 0 Å². The molecular formula is C19H19N3O2. The summed E-state index contributed by atoms with van der Waals surface area (Å²) in [6.07, 6.45) is 3.52. The zero-order valence-electron chi connectivity index (χ0n) is 13.5. The van der Waals surface area contributed by atoms with Gasteiger partial charge in [-0.1, -0.05) is 24.3 Å². The lowest BCUT2D eigenvalue weighted by atomic mass is 10.0. The van der Waals surface area contributed by atoms with Gasteiger partial charge in [0.1, 0.15) is 5.82 Å². The van der Waals surface area contributed by atoms with Crippen molar-refractivity contribution in [2.45, 2.75) is 19.9 Å². The van der Waals surface area contributed by atoms with Crippen LogP contribution in [0.4, 0.5) is 11.5 Å². The summed E-state index contributed by atoms with van der Waals surface area (Å²) < 4.78 is 5.26. The number of aromatic nitrogens is 1. The van der Waals surface area contributed by atoms with Gasteiger partial charge in [0.25, 0.3) is 0 Å². The zero-order valence-corrected chi connectivity index (χ0v) is 13.5. The van der Waals surface area contributed by atoms with Gasteiger partial charge in [0, 0.05) is 19.2 Å². The van der Waals surface area contributed by atoms with Crippen molar-refractivity contribution in [3.05, 3.63) is 77.4 Å². The largest absolute Gasteiger partial charge is 0.461 e. The van der Waals surface area contributed by atoms with Crippen LogP contribution in [0, 0.1) is 6.92 Å². The number of anilines is 2. The minimum atomic E-state index is -0.0147. The van der Waals surface area contributed by atoms with E-state index in [-0.39, 0.29) is 5.78 Å². The fourth-order valence-electron chi connectivity index (χ4n) is 2.54. The maximum Gasteiger partial charge on any atom is 0.202 e. The quantitative estimate of drug-likeness (QED) is 0.678. The van der Waals surface area contributed by atoms with Gasteiger partial charge in [-0.05, 0) is 41.8 Å². The maximum atomic E-state index is 12.3. The van der Waals surface area contributed by atoms with E-state index < -0.39 is 0 Å². The van der Waals surface area contributed by atoms with Gasteiger partial charge in [-0.2, -0.15) is 0 Å². The summed E-state index contributed by atoms with van der Waals surface area (Å²) in [5.41, 5.74) is 9.50. The molecule has 0 fully saturated rings. The van der Waals surface area contributed by atoms with Crippen molar-refractivity contribution >= 4 is 17.3 Å². The van der Waals surface area contributed by atoms with E-state index in [1.165, 1.54) is 0 Å². The fraction of sp³-hybridized carbons (Fsp3) is 0.158. The lowest BCUT2D eigenvalue weighted by molar-refractivity contribution is 0.0965. The zero-order chi connectivity index (χ0) is 16.9. The normalized spacial score (nSPS) is 10.5. The minimum absolute atomic E-state index is 0.0147. The maximum absolute atomic E-state index is 12.3. The molecule has 0 unspecified atom stereocenters. The van der Waals surface area contributed by atoms with Crippen LogP contribution in [0.15, 0.2) is 59.3 Å². The average Bonchev–Trinajstić information content (AvgIpc) is 3.01. The number of pyridine rings is 1. The highest BCUT2D eigenvalue weighted by atomic mass is 16.3. The number of carbonyl (C=O) groups is 1. The molecule has 3 rings (SSSR count). The van der Waals surface area contributed by atoms with Gasteiger partial charge in [0.05, 0.1) is 12.0 Å². The van der Waals surface area contributed by atoms with Gasteiger partial charge in [0.15, 0.2) is 5.76 Å². The van der Waals surface area contributed by atoms with Crippen molar-refractivity contribution in [1.82, 2.24) is 4.98 Å². The molecule has 0 aliphatic heterocycles. The van der Waals surface area contributed by atoms with Crippen LogP contribution in [0.2, 0.25) is 0 Å². The topological polar surface area (TPSA) is 81.2 Å². The van der Waals surface area contributed by atoms with E-state index in [1.807, 2.05) is 43.3 Å². The number of aryl methyl sites for hydroxylation is 1. The van der Waals surface area contributed by atoms with Crippen molar-refractivity contribution < 1.29 is 9.21 Å². The van der Waals surface area contributed by atoms with Gasteiger partial charge in [-0.3, -0.25) is 4.79 Å². The van der Waals surface area contributed by atoms with Crippen LogP contribution in [0.25, 0.3) is 0 Å². The van der Waals surface area contributed by atoms with Crippen LogP contribution >= 0.6 is 0 Å². The molecule has 5 heteroatoms. The van der Waals surface area contributed by atoms with Crippen molar-refractivity contribution in [2.75, 3.05) is 11.1 Å². The number of hydrogen-bond acceptors (Lipinski definition) is 5. The second-order valence-corrected chi connectivity index (χ2v) is 5.64. The third kappa shape index (κ3) is 3.63. The number of nitrogens with two attached hydrogens (primary N) is 1. The van der Waals surface area contributed by atoms with Crippen LogP contribution in [-0.2, 0) is 13.0 Å². The van der Waals surface area contributed by atoms with E-state index in [4.69, 9.17) is 10.2 Å². The number of furan rings is 1. The Kier molecular flexibility index (Phi) is 4.61. The Morgan fingerprint density at radius 2 is 2.04 bits per heavy atom. The molecule has 0 aliphatic rings. The van der Waals surface area contributed by atoms with Crippen LogP contribution < -0.4 is 11.1 Å². The highest BCUT2D eigenvalue weighted by molar-refractivity contribution is 5.96. The number of nitrogens with zero attached hydrogens (tertiary/aromatic N) is 1. The van der Waals surface area contributed by atoms with Crippen molar-refractivity contribution in [3.63, 3.8) is 0 Å². The fourth-order valence-corrected chi connectivity index (χ4v) is 2.54. The number of nitrogens with one attached hydrogen (secondary N) is 1. The van der Waals surface area contributed by atoms with Gasteiger partial charge in [0.2, 0.25) is 5.78 Å². The SMILES string of the molecule is Cc1ccoc1C(=O)Cc1cccc(CNc2cccnc2N)c1. The first kappa shape index (κ1) is 15.8. The lowest BCUT2D eigenvalue weighted by Crippen LogP contribution is -2.06. The molecule has 3 N–H and O–H groups in total. The first-order valence-electron chi connectivity index (χ1n) is 7.73. The van der Waals surface area contributed by atoms with Crippen molar-refractivity contribution in [3.8, 4) is 0 Å². The Labute approximate surface area is 140 Å². The lowest BCUT2D eigenvalue weighted by Gasteiger charge is -2.09. The molecule has 0 atom stereocenters. The molecule has 0 radical (unpaired) electrons. The number of carbonyl (C=O) groups excluding carboxylic acids is 1. The van der Waals surface area contributed by atoms with E-state index in [2.05, 4.69) is 10.3 Å². The summed E-state index contributed by atoms with van der Waals surface area (Å²) in [6, 6.07) is 13.4. The number of rotatable bonds is 6. The highest BCUT2D eigenvalue weighted by Gasteiger charge is 2.13. The Morgan fingerprint density at radius 1 is 1.21 bits per heavy atom. The number of Topliss-reactive ketones (excluding diaryl/α,β-unsaturated/α-hetero) is 1. The van der Waals surface area contributed by atoms with Crippen LogP contribution in [0.5, 0.6) is 0 Å². The van der Waals surface area contributed by atoms with E-state index in [9.17, 15) is 4.79 Å². The molecule has 2 aromatic heterocycles. The molecule has 2 heterocycles. The second kappa shape index (κ2) is 7.00. The Bertz CT molecular complexity index is 855. The molecule has 0 saturated heterocycles. The predicted octanol–water partition coefficient (Wildman–Crippen LogP) is 3.60. The van der Waals surface area contributed by atoms with E-state index in [0.29, 0.717) is 24.5 Å². The minimum Gasteiger partial charge on any atom is -0.461 e. The molecule has 0 saturated carbocycles. The van der Waals surface area contributed by atoms with Crippen LogP contribution in [-0.4, -0.2) is 10.8 Å². The number of benzene rings is 1. The molecule has 0 spiro atoms. The molecule has 3 aromatic rings. The van der Waals surface area contributed by atoms with E-state index in [1.54, 1.807) is 18.5 Å². The Balaban J connectivity index is 1.67. The number of hydrogen-bond donors (Lipinski definition) is 2. The smallest absolute Gasteiger partial charge is 0.202 e. The Hall–Kier alpha value is -3.08. The molecule has 0 bridgehead atoms. The van der Waals surface area contributed by atoms with Gasteiger partial charge < -0.3 is 15.5 Å². The Morgan fingerprint density at radius 3 is 2.79 bits per heavy atom. The molecule has 24 heavy (non-hydrogen) atoms. The molecule has 5 nitrogen and oxygen atoms in total. The van der Waals surface area contributed by atoms with Crippen molar-refractivity contribution in [2.24, 2.45) is 0 Å². The van der Waals surface area contributed by atoms with Gasteiger partial charge in [-0.25, -0.2) is 4.98 Å². The average molecular weight is 321 g/mol. The highest BCUT2D eigenvalue weighted by Crippen LogP contribution is 2.17. The van der Waals surface area contributed by atoms with Gasteiger partial charge in [-0.15, -0.1) is 0 Å². The molecule has 0 amide bonds. The summed E-state index contributed by atoms with van der Waals surface area (Å²) in [5.74, 6) is 0.887. The summed E-state index contributed by atoms with van der Waals surface area (Å²) in [7, 11) is 0. The van der Waals surface area contributed by atoms with Crippen LogP contribution in [0.3, 0.4) is 0 Å². The molecular weight excluding hydrogens is 302 g/mol. The van der Waals surface area contributed by atoms with E-state index in [0.717, 1.165) is 22.4 Å². The first-order valence-corrected chi connectivity index (χ1v) is 7.73. The monoisotopic (exact) mass is 321 g/mol. The molecule has 1 aromatic carbocycles. The molecule has 122 valence electrons. The standard InChI is InChI=1S/C19H19N3O2/c1-13-7-9-24-18(13)17(23)11-14-4-2-5-15(10-14)12-22-16-6-3-8-21-19(16)20/h2-10,22H,11-12H2,1H3,(H2,20,21). The summed E-state index contributed by atoms with van der Waals surface area (Å²) in [4.78, 5) is 16.3. The summed E-state index contributed by atoms with van der Waals surface area (Å²) >= 11 is 0. The molecule has 0 aliphatic carbocycles. The second-order valence-electron chi connectivity index (χ2n) is 5.64. The van der Waals surface area contributed by atoms with E-state index >= 15 is 0 Å². The third-order valence-electron chi connectivity index (χ3n) is 3.79. The number of ketones is 1. The number of nitrogen functional groups attached to an aromatic ring is 1. The van der Waals surface area contributed by atoms with Crippen LogP contribution in [0.1, 0.15) is 27.2 Å².